The van der Waals surface area contributed by atoms with Gasteiger partial charge in [0.15, 0.2) is 0 Å². The van der Waals surface area contributed by atoms with Crippen molar-refractivity contribution in [3.8, 4) is 11.8 Å². The molecule has 29 heavy (non-hydrogen) atoms. The summed E-state index contributed by atoms with van der Waals surface area (Å²) < 4.78 is 26.8. The first-order valence-corrected chi connectivity index (χ1v) is 8.84. The number of fused-ring (bicyclic) bond motifs is 1. The summed E-state index contributed by atoms with van der Waals surface area (Å²) in [4.78, 5) is 38.3. The summed E-state index contributed by atoms with van der Waals surface area (Å²) >= 11 is 5.94. The summed E-state index contributed by atoms with van der Waals surface area (Å²) in [7, 11) is 0. The minimum Gasteiger partial charge on any atom is -0.330 e. The summed E-state index contributed by atoms with van der Waals surface area (Å²) in [6.45, 7) is -0.0486. The van der Waals surface area contributed by atoms with Crippen LogP contribution in [-0.4, -0.2) is 34.8 Å². The molecule has 2 aliphatic heterocycles. The van der Waals surface area contributed by atoms with E-state index in [0.29, 0.717) is 16.7 Å². The standard InChI is InChI=1S/C20H12ClF2N3O3/c21-13-2-1-12-9-26(17(27)16(12)7-13)10-20(18(28)24-19(29)25-20)4-3-11-5-14(22)8-15(23)6-11/h1-2,5-8H,9-10H2,(H2,24,25,28,29)/t20-/m1/s1. The van der Waals surface area contributed by atoms with Crippen LogP contribution in [0.15, 0.2) is 36.4 Å². The molecule has 0 aromatic heterocycles. The Morgan fingerprint density at radius 1 is 1.10 bits per heavy atom. The van der Waals surface area contributed by atoms with E-state index in [0.717, 1.165) is 17.7 Å². The zero-order chi connectivity index (χ0) is 20.8. The number of carbonyl (C=O) groups is 3. The van der Waals surface area contributed by atoms with Gasteiger partial charge in [-0.2, -0.15) is 0 Å². The van der Waals surface area contributed by atoms with Crippen LogP contribution < -0.4 is 10.6 Å². The van der Waals surface area contributed by atoms with E-state index in [9.17, 15) is 23.2 Å². The molecule has 0 radical (unpaired) electrons. The lowest BCUT2D eigenvalue weighted by Gasteiger charge is -2.26. The summed E-state index contributed by atoms with van der Waals surface area (Å²) in [6, 6.07) is 6.79. The Hall–Kier alpha value is -3.44. The maximum absolute atomic E-state index is 13.4. The molecule has 146 valence electrons. The molecule has 2 aliphatic rings. The minimum atomic E-state index is -1.76. The van der Waals surface area contributed by atoms with Crippen molar-refractivity contribution in [3.63, 3.8) is 0 Å². The second kappa shape index (κ2) is 6.87. The number of hydrogen-bond donors (Lipinski definition) is 2. The second-order valence-corrected chi connectivity index (χ2v) is 7.12. The van der Waals surface area contributed by atoms with E-state index in [2.05, 4.69) is 22.5 Å². The third-order valence-electron chi connectivity index (χ3n) is 4.60. The summed E-state index contributed by atoms with van der Waals surface area (Å²) in [5.41, 5.74) is -0.655. The third-order valence-corrected chi connectivity index (χ3v) is 4.84. The molecule has 2 aromatic rings. The van der Waals surface area contributed by atoms with Crippen molar-refractivity contribution in [2.24, 2.45) is 0 Å². The molecule has 4 rings (SSSR count). The number of benzene rings is 2. The molecule has 0 saturated carbocycles. The van der Waals surface area contributed by atoms with Crippen LogP contribution >= 0.6 is 11.6 Å². The molecule has 1 atom stereocenters. The Morgan fingerprint density at radius 3 is 2.48 bits per heavy atom. The van der Waals surface area contributed by atoms with Gasteiger partial charge in [-0.15, -0.1) is 0 Å². The van der Waals surface area contributed by atoms with E-state index in [-0.39, 0.29) is 24.6 Å². The summed E-state index contributed by atoms with van der Waals surface area (Å²) in [5, 5.41) is 4.91. The van der Waals surface area contributed by atoms with Gasteiger partial charge in [-0.25, -0.2) is 13.6 Å². The minimum absolute atomic E-state index is 0.0151. The van der Waals surface area contributed by atoms with Crippen molar-refractivity contribution in [1.29, 1.82) is 0 Å². The third kappa shape index (κ3) is 3.52. The Kier molecular flexibility index (Phi) is 4.47. The van der Waals surface area contributed by atoms with Gasteiger partial charge in [-0.3, -0.25) is 14.9 Å². The average Bonchev–Trinajstić information content (AvgIpc) is 3.09. The van der Waals surface area contributed by atoms with Gasteiger partial charge in [0.25, 0.3) is 11.8 Å². The molecule has 1 saturated heterocycles. The normalized spacial score (nSPS) is 20.1. The number of rotatable bonds is 2. The van der Waals surface area contributed by atoms with Crippen molar-refractivity contribution in [2.45, 2.75) is 12.1 Å². The number of halogens is 3. The molecule has 0 unspecified atom stereocenters. The van der Waals surface area contributed by atoms with Gasteiger partial charge in [0.05, 0.1) is 6.54 Å². The predicted molar refractivity (Wildman–Crippen MR) is 98.8 cm³/mol. The number of nitrogens with one attached hydrogen (secondary N) is 2. The number of hydrogen-bond acceptors (Lipinski definition) is 3. The van der Waals surface area contributed by atoms with E-state index in [1.807, 2.05) is 0 Å². The topological polar surface area (TPSA) is 78.5 Å². The highest BCUT2D eigenvalue weighted by Crippen LogP contribution is 2.27. The van der Waals surface area contributed by atoms with Gasteiger partial charge in [0.2, 0.25) is 5.54 Å². The molecule has 0 spiro atoms. The van der Waals surface area contributed by atoms with Gasteiger partial charge >= 0.3 is 6.03 Å². The number of imide groups is 1. The van der Waals surface area contributed by atoms with Crippen LogP contribution in [0.5, 0.6) is 0 Å². The fourth-order valence-electron chi connectivity index (χ4n) is 3.28. The maximum Gasteiger partial charge on any atom is 0.323 e. The number of carbonyl (C=O) groups excluding carboxylic acids is 3. The monoisotopic (exact) mass is 415 g/mol. The van der Waals surface area contributed by atoms with E-state index >= 15 is 0 Å². The highest BCUT2D eigenvalue weighted by Gasteiger charge is 2.48. The Labute approximate surface area is 168 Å². The Morgan fingerprint density at radius 2 is 1.83 bits per heavy atom. The van der Waals surface area contributed by atoms with Gasteiger partial charge < -0.3 is 10.2 Å². The van der Waals surface area contributed by atoms with E-state index in [1.54, 1.807) is 12.1 Å². The van der Waals surface area contributed by atoms with Crippen molar-refractivity contribution < 1.29 is 23.2 Å². The Balaban J connectivity index is 1.68. The lowest BCUT2D eigenvalue weighted by Crippen LogP contribution is -2.54. The van der Waals surface area contributed by atoms with Crippen LogP contribution in [0.3, 0.4) is 0 Å². The number of nitrogens with zero attached hydrogens (tertiary/aromatic N) is 1. The van der Waals surface area contributed by atoms with Gasteiger partial charge in [-0.1, -0.05) is 29.5 Å². The second-order valence-electron chi connectivity index (χ2n) is 6.68. The van der Waals surface area contributed by atoms with Crippen LogP contribution in [0.2, 0.25) is 5.02 Å². The molecule has 0 bridgehead atoms. The fourth-order valence-corrected chi connectivity index (χ4v) is 3.45. The zero-order valence-electron chi connectivity index (χ0n) is 14.7. The van der Waals surface area contributed by atoms with E-state index in [1.165, 1.54) is 11.0 Å². The first-order chi connectivity index (χ1) is 13.8. The van der Waals surface area contributed by atoms with Gasteiger partial charge in [0, 0.05) is 28.8 Å². The van der Waals surface area contributed by atoms with Gasteiger partial charge in [0.1, 0.15) is 11.6 Å². The van der Waals surface area contributed by atoms with Crippen molar-refractivity contribution in [1.82, 2.24) is 15.5 Å². The molecule has 0 aliphatic carbocycles. The SMILES string of the molecule is O=C1NC(=O)[C@@](C#Cc2cc(F)cc(F)c2)(CN2Cc3ccc(Cl)cc3C2=O)N1. The van der Waals surface area contributed by atoms with Crippen molar-refractivity contribution in [2.75, 3.05) is 6.54 Å². The predicted octanol–water partition coefficient (Wildman–Crippen LogP) is 2.20. The smallest absolute Gasteiger partial charge is 0.323 e. The first kappa shape index (κ1) is 18.9. The molecule has 6 nitrogen and oxygen atoms in total. The van der Waals surface area contributed by atoms with Crippen LogP contribution in [0, 0.1) is 23.5 Å². The largest absolute Gasteiger partial charge is 0.330 e. The molecular formula is C20H12ClF2N3O3. The van der Waals surface area contributed by atoms with E-state index < -0.39 is 29.1 Å². The van der Waals surface area contributed by atoms with E-state index in [4.69, 9.17) is 11.6 Å². The summed E-state index contributed by atoms with van der Waals surface area (Å²) in [6.07, 6.45) is 0. The number of urea groups is 1. The highest BCUT2D eigenvalue weighted by molar-refractivity contribution is 6.31. The maximum atomic E-state index is 13.4. The highest BCUT2D eigenvalue weighted by atomic mass is 35.5. The number of amides is 4. The van der Waals surface area contributed by atoms with Crippen molar-refractivity contribution >= 4 is 29.4 Å². The average molecular weight is 416 g/mol. The fraction of sp³-hybridized carbons (Fsp3) is 0.150. The first-order valence-electron chi connectivity index (χ1n) is 8.46. The molecule has 1 fully saturated rings. The molecule has 4 amide bonds. The Bertz CT molecular complexity index is 1120. The summed E-state index contributed by atoms with van der Waals surface area (Å²) in [5.74, 6) is 2.32. The van der Waals surface area contributed by atoms with Crippen LogP contribution in [0.4, 0.5) is 13.6 Å². The zero-order valence-corrected chi connectivity index (χ0v) is 15.4. The van der Waals surface area contributed by atoms with Crippen LogP contribution in [0.25, 0.3) is 0 Å². The quantitative estimate of drug-likeness (QED) is 0.583. The molecule has 2 aromatic carbocycles. The van der Waals surface area contributed by atoms with Crippen LogP contribution in [-0.2, 0) is 11.3 Å². The molecule has 9 heteroatoms. The molecule has 2 N–H and O–H groups in total. The lowest BCUT2D eigenvalue weighted by atomic mass is 9.99. The molecule has 2 heterocycles. The van der Waals surface area contributed by atoms with Crippen molar-refractivity contribution in [3.05, 3.63) is 69.7 Å². The molecular weight excluding hydrogens is 404 g/mol. The van der Waals surface area contributed by atoms with Gasteiger partial charge in [-0.05, 0) is 29.8 Å². The van der Waals surface area contributed by atoms with Crippen LogP contribution in [0.1, 0.15) is 21.5 Å². The lowest BCUT2D eigenvalue weighted by molar-refractivity contribution is -0.122.